The zero-order valence-corrected chi connectivity index (χ0v) is 10.5. The van der Waals surface area contributed by atoms with Gasteiger partial charge in [-0.2, -0.15) is 0 Å². The molecule has 0 heterocycles. The first-order valence-electron chi connectivity index (χ1n) is 5.63. The molecule has 1 aliphatic rings. The van der Waals surface area contributed by atoms with E-state index < -0.39 is 11.4 Å². The van der Waals surface area contributed by atoms with Gasteiger partial charge in [-0.05, 0) is 37.3 Å². The summed E-state index contributed by atoms with van der Waals surface area (Å²) in [7, 11) is 0. The van der Waals surface area contributed by atoms with E-state index in [1.807, 2.05) is 31.2 Å². The minimum Gasteiger partial charge on any atom is -0.481 e. The molecule has 0 bridgehead atoms. The van der Waals surface area contributed by atoms with Crippen molar-refractivity contribution in [3.05, 3.63) is 46.5 Å². The first-order chi connectivity index (χ1) is 8.07. The highest BCUT2D eigenvalue weighted by Gasteiger charge is 2.43. The van der Waals surface area contributed by atoms with Gasteiger partial charge in [0.1, 0.15) is 0 Å². The van der Waals surface area contributed by atoms with Crippen LogP contribution in [0.1, 0.15) is 24.5 Å². The molecule has 0 fully saturated rings. The van der Waals surface area contributed by atoms with Crippen LogP contribution >= 0.6 is 11.6 Å². The number of rotatable bonds is 3. The molecule has 1 N–H and O–H groups in total. The maximum absolute atomic E-state index is 11.6. The van der Waals surface area contributed by atoms with Gasteiger partial charge in [0, 0.05) is 5.54 Å². The van der Waals surface area contributed by atoms with E-state index in [9.17, 15) is 9.90 Å². The predicted molar refractivity (Wildman–Crippen MR) is 68.1 cm³/mol. The maximum atomic E-state index is 11.6. The van der Waals surface area contributed by atoms with Gasteiger partial charge in [0.15, 0.2) is 0 Å². The summed E-state index contributed by atoms with van der Waals surface area (Å²) < 4.78 is 0. The van der Waals surface area contributed by atoms with Crippen molar-refractivity contribution in [3.63, 3.8) is 0 Å². The lowest BCUT2D eigenvalue weighted by molar-refractivity contribution is -0.148. The summed E-state index contributed by atoms with van der Waals surface area (Å²) in [5.41, 5.74) is 3.99. The molecule has 2 nitrogen and oxygen atoms in total. The largest absolute Gasteiger partial charge is 0.481 e. The molecule has 0 unspecified atom stereocenters. The summed E-state index contributed by atoms with van der Waals surface area (Å²) in [6.45, 7) is 1.88. The van der Waals surface area contributed by atoms with Crippen LogP contribution < -0.4 is 0 Å². The molecule has 17 heavy (non-hydrogen) atoms. The lowest BCUT2D eigenvalue weighted by Crippen LogP contribution is -2.32. The van der Waals surface area contributed by atoms with Crippen LogP contribution in [-0.2, 0) is 17.6 Å². The molecule has 1 aliphatic carbocycles. The van der Waals surface area contributed by atoms with Crippen molar-refractivity contribution >= 4 is 17.6 Å². The van der Waals surface area contributed by atoms with Crippen molar-refractivity contribution in [1.29, 1.82) is 0 Å². The third-order valence-electron chi connectivity index (χ3n) is 3.43. The molecular formula is C14H15ClO2. The Morgan fingerprint density at radius 3 is 2.35 bits per heavy atom. The molecule has 0 saturated carbocycles. The van der Waals surface area contributed by atoms with E-state index in [0.29, 0.717) is 19.3 Å². The molecule has 90 valence electrons. The lowest BCUT2D eigenvalue weighted by Gasteiger charge is -2.23. The minimum atomic E-state index is -0.730. The molecule has 2 rings (SSSR count). The van der Waals surface area contributed by atoms with E-state index in [2.05, 4.69) is 0 Å². The Bertz CT molecular complexity index is 452. The third kappa shape index (κ3) is 2.22. The highest BCUT2D eigenvalue weighted by atomic mass is 35.5. The van der Waals surface area contributed by atoms with Crippen LogP contribution in [0, 0.1) is 5.41 Å². The van der Waals surface area contributed by atoms with Crippen LogP contribution in [0.25, 0.3) is 0 Å². The molecule has 0 aliphatic heterocycles. The van der Waals surface area contributed by atoms with Crippen LogP contribution in [0.3, 0.4) is 0 Å². The molecular weight excluding hydrogens is 236 g/mol. The second-order valence-electron chi connectivity index (χ2n) is 4.84. The second kappa shape index (κ2) is 4.53. The summed E-state index contributed by atoms with van der Waals surface area (Å²) in [6, 6.07) is 7.95. The molecule has 0 radical (unpaired) electrons. The van der Waals surface area contributed by atoms with Gasteiger partial charge in [-0.3, -0.25) is 4.79 Å². The van der Waals surface area contributed by atoms with Gasteiger partial charge in [-0.1, -0.05) is 41.4 Å². The Hall–Kier alpha value is -1.28. The smallest absolute Gasteiger partial charge is 0.310 e. The molecule has 0 atom stereocenters. The SMILES string of the molecule is C/C(=C/Cl)CC1(C(=O)O)Cc2ccccc2C1. The Morgan fingerprint density at radius 2 is 1.94 bits per heavy atom. The summed E-state index contributed by atoms with van der Waals surface area (Å²) in [4.78, 5) is 11.6. The van der Waals surface area contributed by atoms with Gasteiger partial charge in [-0.15, -0.1) is 0 Å². The second-order valence-corrected chi connectivity index (χ2v) is 5.06. The average Bonchev–Trinajstić information content (AvgIpc) is 2.68. The number of carboxylic acids is 1. The molecule has 0 amide bonds. The fourth-order valence-corrected chi connectivity index (χ4v) is 2.70. The van der Waals surface area contributed by atoms with Gasteiger partial charge in [0.2, 0.25) is 0 Å². The van der Waals surface area contributed by atoms with E-state index in [0.717, 1.165) is 16.7 Å². The van der Waals surface area contributed by atoms with Crippen molar-refractivity contribution in [2.75, 3.05) is 0 Å². The van der Waals surface area contributed by atoms with Gasteiger partial charge >= 0.3 is 5.97 Å². The van der Waals surface area contributed by atoms with Crippen LogP contribution in [-0.4, -0.2) is 11.1 Å². The number of allylic oxidation sites excluding steroid dienone is 1. The average molecular weight is 251 g/mol. The fourth-order valence-electron chi connectivity index (χ4n) is 2.62. The van der Waals surface area contributed by atoms with Gasteiger partial charge in [0.25, 0.3) is 0 Å². The third-order valence-corrected chi connectivity index (χ3v) is 3.81. The fraction of sp³-hybridized carbons (Fsp3) is 0.357. The van der Waals surface area contributed by atoms with Crippen LogP contribution in [0.2, 0.25) is 0 Å². The molecule has 1 aromatic carbocycles. The van der Waals surface area contributed by atoms with Crippen LogP contribution in [0.5, 0.6) is 0 Å². The van der Waals surface area contributed by atoms with Crippen molar-refractivity contribution in [2.45, 2.75) is 26.2 Å². The van der Waals surface area contributed by atoms with Gasteiger partial charge < -0.3 is 5.11 Å². The normalized spacial score (nSPS) is 17.9. The summed E-state index contributed by atoms with van der Waals surface area (Å²) in [6.07, 6.45) is 1.71. The monoisotopic (exact) mass is 250 g/mol. The lowest BCUT2D eigenvalue weighted by atomic mass is 9.79. The van der Waals surface area contributed by atoms with Crippen molar-refractivity contribution < 1.29 is 9.90 Å². The highest BCUT2D eigenvalue weighted by Crippen LogP contribution is 2.41. The molecule has 0 saturated heterocycles. The number of fused-ring (bicyclic) bond motifs is 1. The quantitative estimate of drug-likeness (QED) is 0.893. The number of halogens is 1. The summed E-state index contributed by atoms with van der Waals surface area (Å²) in [5, 5.41) is 9.51. The zero-order valence-electron chi connectivity index (χ0n) is 9.74. The Morgan fingerprint density at radius 1 is 1.41 bits per heavy atom. The zero-order chi connectivity index (χ0) is 12.5. The van der Waals surface area contributed by atoms with Gasteiger partial charge in [0.05, 0.1) is 5.41 Å². The molecule has 3 heteroatoms. The number of hydrogen-bond donors (Lipinski definition) is 1. The Kier molecular flexibility index (Phi) is 3.25. The number of carboxylic acid groups (broad SMARTS) is 1. The first kappa shape index (κ1) is 12.2. The molecule has 0 aromatic heterocycles. The molecule has 0 spiro atoms. The van der Waals surface area contributed by atoms with E-state index in [1.165, 1.54) is 5.54 Å². The van der Waals surface area contributed by atoms with E-state index in [1.54, 1.807) is 0 Å². The summed E-state index contributed by atoms with van der Waals surface area (Å²) >= 11 is 5.65. The predicted octanol–water partition coefficient (Wildman–Crippen LogP) is 3.39. The number of carbonyl (C=O) groups is 1. The summed E-state index contributed by atoms with van der Waals surface area (Å²) in [5.74, 6) is -0.730. The van der Waals surface area contributed by atoms with Crippen molar-refractivity contribution in [1.82, 2.24) is 0 Å². The van der Waals surface area contributed by atoms with Crippen LogP contribution in [0.4, 0.5) is 0 Å². The maximum Gasteiger partial charge on any atom is 0.310 e. The van der Waals surface area contributed by atoms with Crippen molar-refractivity contribution in [2.24, 2.45) is 5.41 Å². The van der Waals surface area contributed by atoms with Crippen molar-refractivity contribution in [3.8, 4) is 0 Å². The number of benzene rings is 1. The highest BCUT2D eigenvalue weighted by molar-refractivity contribution is 6.25. The van der Waals surface area contributed by atoms with E-state index >= 15 is 0 Å². The minimum absolute atomic E-state index is 0.514. The topological polar surface area (TPSA) is 37.3 Å². The Balaban J connectivity index is 2.32. The van der Waals surface area contributed by atoms with E-state index in [4.69, 9.17) is 11.6 Å². The van der Waals surface area contributed by atoms with E-state index in [-0.39, 0.29) is 0 Å². The first-order valence-corrected chi connectivity index (χ1v) is 6.07. The number of aliphatic carboxylic acids is 1. The van der Waals surface area contributed by atoms with Gasteiger partial charge in [-0.25, -0.2) is 0 Å². The van der Waals surface area contributed by atoms with Crippen LogP contribution in [0.15, 0.2) is 35.4 Å². The molecule has 1 aromatic rings. The number of hydrogen-bond acceptors (Lipinski definition) is 1. The Labute approximate surface area is 106 Å². The standard InChI is InChI=1S/C14H15ClO2/c1-10(9-15)6-14(13(16)17)7-11-4-2-3-5-12(11)8-14/h2-5,9H,6-8H2,1H3,(H,16,17)/b10-9-.